The number of rotatable bonds is 8. The maximum absolute atomic E-state index is 14.7. The summed E-state index contributed by atoms with van der Waals surface area (Å²) < 4.78 is 20.8. The number of nitrogens with one attached hydrogen (secondary N) is 1. The van der Waals surface area contributed by atoms with E-state index < -0.39 is 23.8 Å². The molecule has 1 aliphatic carbocycles. The number of nitrogens with zero attached hydrogens (tertiary/aromatic N) is 5. The van der Waals surface area contributed by atoms with E-state index in [4.69, 9.17) is 9.84 Å². The van der Waals surface area contributed by atoms with E-state index in [2.05, 4.69) is 10.2 Å². The third-order valence-electron chi connectivity index (χ3n) is 9.56. The normalized spacial score (nSPS) is 22.4. The van der Waals surface area contributed by atoms with E-state index in [9.17, 15) is 18.8 Å². The molecular weight excluding hydrogens is 575 g/mol. The van der Waals surface area contributed by atoms with Gasteiger partial charge in [0.1, 0.15) is 23.5 Å². The Morgan fingerprint density at radius 1 is 1.04 bits per heavy atom. The molecule has 1 aromatic heterocycles. The Kier molecular flexibility index (Phi) is 10.2. The number of fused-ring (bicyclic) bond motifs is 1. The second-order valence-corrected chi connectivity index (χ2v) is 14.0. The van der Waals surface area contributed by atoms with Crippen LogP contribution in [0.2, 0.25) is 0 Å². The molecule has 1 N–H and O–H groups in total. The summed E-state index contributed by atoms with van der Waals surface area (Å²) in [6.07, 6.45) is 8.35. The summed E-state index contributed by atoms with van der Waals surface area (Å²) in [5.41, 5.74) is 1.06. The standard InChI is InChI=1S/C34H49FN6O4/c1-23(38(5)33(44)45-34(2,3)4)31(42)36-30(25-10-7-6-8-11-25)32(43)41-21-27-12-9-18-39(27)22-29(41)28-17-19-40(37-28)20-24-13-15-26(35)16-14-24/h13-17,19,23,25,27,29-30H,6-12,18,20-22H2,1-5H3,(H,36,42)/t23-,27+,29-,30-/m0/s1. The van der Waals surface area contributed by atoms with Gasteiger partial charge in [-0.1, -0.05) is 31.4 Å². The molecule has 3 heterocycles. The van der Waals surface area contributed by atoms with Gasteiger partial charge in [-0.2, -0.15) is 5.10 Å². The largest absolute Gasteiger partial charge is 0.444 e. The Balaban J connectivity index is 1.37. The fraction of sp³-hybridized carbons (Fsp3) is 0.647. The minimum atomic E-state index is -0.816. The van der Waals surface area contributed by atoms with Crippen molar-refractivity contribution in [3.8, 4) is 0 Å². The summed E-state index contributed by atoms with van der Waals surface area (Å²) in [6.45, 7) is 9.78. The molecule has 1 aromatic carbocycles. The highest BCUT2D eigenvalue weighted by Gasteiger charge is 2.44. The van der Waals surface area contributed by atoms with Gasteiger partial charge in [0.25, 0.3) is 0 Å². The zero-order valence-corrected chi connectivity index (χ0v) is 27.4. The van der Waals surface area contributed by atoms with E-state index in [1.807, 2.05) is 21.8 Å². The predicted molar refractivity (Wildman–Crippen MR) is 169 cm³/mol. The fourth-order valence-electron chi connectivity index (χ4n) is 6.90. The summed E-state index contributed by atoms with van der Waals surface area (Å²) in [6, 6.07) is 6.88. The predicted octanol–water partition coefficient (Wildman–Crippen LogP) is 4.74. The maximum Gasteiger partial charge on any atom is 0.410 e. The number of amides is 3. The first-order valence-corrected chi connectivity index (χ1v) is 16.5. The zero-order chi connectivity index (χ0) is 32.3. The van der Waals surface area contributed by atoms with Crippen molar-refractivity contribution in [2.24, 2.45) is 5.92 Å². The molecule has 0 spiro atoms. The molecule has 2 aromatic rings. The van der Waals surface area contributed by atoms with Crippen molar-refractivity contribution in [3.05, 3.63) is 53.6 Å². The summed E-state index contributed by atoms with van der Waals surface area (Å²) in [5, 5.41) is 8.00. The summed E-state index contributed by atoms with van der Waals surface area (Å²) in [5.74, 6) is -0.701. The number of carbonyl (C=O) groups is 3. The molecule has 1 saturated carbocycles. The van der Waals surface area contributed by atoms with Gasteiger partial charge < -0.3 is 15.0 Å². The van der Waals surface area contributed by atoms with Crippen molar-refractivity contribution in [1.29, 1.82) is 0 Å². The average molecular weight is 625 g/mol. The topological polar surface area (TPSA) is 100 Å². The average Bonchev–Trinajstić information content (AvgIpc) is 3.68. The lowest BCUT2D eigenvalue weighted by Gasteiger charge is -2.45. The van der Waals surface area contributed by atoms with Crippen LogP contribution in [0, 0.1) is 11.7 Å². The molecule has 2 saturated heterocycles. The number of benzene rings is 1. The van der Waals surface area contributed by atoms with Crippen molar-refractivity contribution in [3.63, 3.8) is 0 Å². The highest BCUT2D eigenvalue weighted by atomic mass is 19.1. The molecule has 0 unspecified atom stereocenters. The van der Waals surface area contributed by atoms with Crippen LogP contribution in [0.1, 0.15) is 89.9 Å². The van der Waals surface area contributed by atoms with Gasteiger partial charge in [-0.05, 0) is 89.6 Å². The quantitative estimate of drug-likeness (QED) is 0.456. The Bertz CT molecular complexity index is 1330. The van der Waals surface area contributed by atoms with Gasteiger partial charge in [0.15, 0.2) is 0 Å². The van der Waals surface area contributed by atoms with Gasteiger partial charge >= 0.3 is 6.09 Å². The first-order valence-electron chi connectivity index (χ1n) is 16.5. The van der Waals surface area contributed by atoms with E-state index in [0.717, 1.165) is 62.7 Å². The van der Waals surface area contributed by atoms with Crippen molar-refractivity contribution < 1.29 is 23.5 Å². The van der Waals surface area contributed by atoms with Gasteiger partial charge in [-0.3, -0.25) is 24.1 Å². The van der Waals surface area contributed by atoms with Crippen LogP contribution in [-0.4, -0.2) is 92.8 Å². The molecule has 5 rings (SSSR count). The monoisotopic (exact) mass is 624 g/mol. The van der Waals surface area contributed by atoms with Crippen LogP contribution in [0.3, 0.4) is 0 Å². The molecule has 11 heteroatoms. The Morgan fingerprint density at radius 3 is 2.44 bits per heavy atom. The first-order chi connectivity index (χ1) is 21.4. The van der Waals surface area contributed by atoms with Crippen molar-refractivity contribution in [2.75, 3.05) is 26.7 Å². The second-order valence-electron chi connectivity index (χ2n) is 14.0. The summed E-state index contributed by atoms with van der Waals surface area (Å²) in [4.78, 5) is 46.7. The van der Waals surface area contributed by atoms with E-state index in [-0.39, 0.29) is 35.6 Å². The van der Waals surface area contributed by atoms with Crippen molar-refractivity contribution in [1.82, 2.24) is 29.8 Å². The van der Waals surface area contributed by atoms with Gasteiger partial charge in [-0.25, -0.2) is 9.18 Å². The van der Waals surface area contributed by atoms with Gasteiger partial charge in [-0.15, -0.1) is 0 Å². The molecule has 10 nitrogen and oxygen atoms in total. The fourth-order valence-corrected chi connectivity index (χ4v) is 6.90. The van der Waals surface area contributed by atoms with Gasteiger partial charge in [0, 0.05) is 32.4 Å². The number of hydrogen-bond donors (Lipinski definition) is 1. The van der Waals surface area contributed by atoms with Crippen LogP contribution in [0.15, 0.2) is 36.5 Å². The van der Waals surface area contributed by atoms with E-state index in [1.54, 1.807) is 46.9 Å². The van der Waals surface area contributed by atoms with Crippen LogP contribution in [0.4, 0.5) is 9.18 Å². The van der Waals surface area contributed by atoms with Crippen molar-refractivity contribution in [2.45, 2.75) is 109 Å². The molecular formula is C34H49FN6O4. The van der Waals surface area contributed by atoms with Gasteiger partial charge in [0.2, 0.25) is 11.8 Å². The first kappa shape index (κ1) is 32.9. The minimum absolute atomic E-state index is 0.0209. The number of piperazine rings is 1. The lowest BCUT2D eigenvalue weighted by Crippen LogP contribution is -2.61. The highest BCUT2D eigenvalue weighted by Crippen LogP contribution is 2.35. The van der Waals surface area contributed by atoms with Crippen LogP contribution in [0.5, 0.6) is 0 Å². The molecule has 0 bridgehead atoms. The second kappa shape index (κ2) is 13.9. The molecule has 2 aliphatic heterocycles. The third kappa shape index (κ3) is 8.04. The maximum atomic E-state index is 14.7. The Morgan fingerprint density at radius 2 is 1.76 bits per heavy atom. The summed E-state index contributed by atoms with van der Waals surface area (Å²) in [7, 11) is 1.55. The number of ether oxygens (including phenoxy) is 1. The smallest absolute Gasteiger partial charge is 0.410 e. The van der Waals surface area contributed by atoms with Crippen LogP contribution >= 0.6 is 0 Å². The zero-order valence-electron chi connectivity index (χ0n) is 27.4. The number of aromatic nitrogens is 2. The number of hydrogen-bond acceptors (Lipinski definition) is 6. The molecule has 0 radical (unpaired) electrons. The van der Waals surface area contributed by atoms with Crippen LogP contribution in [-0.2, 0) is 20.9 Å². The van der Waals surface area contributed by atoms with Gasteiger partial charge in [0.05, 0.1) is 18.3 Å². The number of likely N-dealkylation sites (N-methyl/N-ethyl adjacent to an activating group) is 1. The number of carbonyl (C=O) groups excluding carboxylic acids is 3. The molecule has 45 heavy (non-hydrogen) atoms. The molecule has 3 amide bonds. The summed E-state index contributed by atoms with van der Waals surface area (Å²) >= 11 is 0. The van der Waals surface area contributed by atoms with E-state index in [1.165, 1.54) is 17.0 Å². The number of halogens is 1. The lowest BCUT2D eigenvalue weighted by molar-refractivity contribution is -0.144. The minimum Gasteiger partial charge on any atom is -0.444 e. The van der Waals surface area contributed by atoms with Crippen LogP contribution < -0.4 is 5.32 Å². The molecule has 4 atom stereocenters. The van der Waals surface area contributed by atoms with Crippen LogP contribution in [0.25, 0.3) is 0 Å². The Hall–Kier alpha value is -3.47. The molecule has 246 valence electrons. The van der Waals surface area contributed by atoms with E-state index >= 15 is 0 Å². The van der Waals surface area contributed by atoms with E-state index in [0.29, 0.717) is 19.6 Å². The lowest BCUT2D eigenvalue weighted by atomic mass is 9.82. The SMILES string of the molecule is C[C@@H](C(=O)N[C@H](C(=O)N1C[C@H]2CCCN2C[C@H]1c1ccn(Cc2ccc(F)cc2)n1)C1CCCCC1)N(C)C(=O)OC(C)(C)C. The Labute approximate surface area is 266 Å². The highest BCUT2D eigenvalue weighted by molar-refractivity contribution is 5.91. The van der Waals surface area contributed by atoms with Crippen molar-refractivity contribution >= 4 is 17.9 Å². The third-order valence-corrected chi connectivity index (χ3v) is 9.56. The molecule has 3 fully saturated rings. The molecule has 3 aliphatic rings.